The third-order valence-electron chi connectivity index (χ3n) is 4.49. The van der Waals surface area contributed by atoms with Gasteiger partial charge in [0.1, 0.15) is 6.04 Å². The fourth-order valence-electron chi connectivity index (χ4n) is 2.93. The van der Waals surface area contributed by atoms with Crippen molar-refractivity contribution in [3.8, 4) is 0 Å². The first-order valence-electron chi connectivity index (χ1n) is 8.90. The van der Waals surface area contributed by atoms with Crippen molar-refractivity contribution in [3.05, 3.63) is 93.7 Å². The number of aryl methyl sites for hydroxylation is 1. The van der Waals surface area contributed by atoms with Gasteiger partial charge in [0.05, 0.1) is 4.88 Å². The zero-order valence-electron chi connectivity index (χ0n) is 15.2. The van der Waals surface area contributed by atoms with Crippen molar-refractivity contribution in [2.45, 2.75) is 32.5 Å². The average molecular weight is 366 g/mol. The van der Waals surface area contributed by atoms with Gasteiger partial charge < -0.3 is 10.6 Å². The molecule has 2 atom stereocenters. The maximum absolute atomic E-state index is 12.6. The first kappa shape index (κ1) is 18.4. The summed E-state index contributed by atoms with van der Waals surface area (Å²) in [6, 6.07) is 22.7. The molecule has 3 nitrogen and oxygen atoms in total. The summed E-state index contributed by atoms with van der Waals surface area (Å²) < 4.78 is 0. The molecule has 0 aliphatic heterocycles. The molecular formula is C22H25N2OS+. The molecule has 0 aliphatic carbocycles. The fourth-order valence-corrected chi connectivity index (χ4v) is 3.77. The molecule has 1 heterocycles. The van der Waals surface area contributed by atoms with Crippen LogP contribution in [0.5, 0.6) is 0 Å². The highest BCUT2D eigenvalue weighted by atomic mass is 32.1. The van der Waals surface area contributed by atoms with Crippen molar-refractivity contribution in [1.82, 2.24) is 5.32 Å². The van der Waals surface area contributed by atoms with Crippen LogP contribution in [0.1, 0.15) is 34.5 Å². The fraction of sp³-hybridized carbons (Fsp3) is 0.227. The lowest BCUT2D eigenvalue weighted by Gasteiger charge is -2.19. The Kier molecular flexibility index (Phi) is 6.21. The molecule has 0 unspecified atom stereocenters. The zero-order chi connectivity index (χ0) is 18.4. The molecule has 134 valence electrons. The standard InChI is InChI=1S/C22H24N2OS/c1-16-10-12-19(13-11-16)21(20-9-6-14-26-20)24-17(2)22(25)23-15-18-7-4-3-5-8-18/h3-14,17,21,24H,15H2,1-2H3,(H,23,25)/p+1/t17-,21+/m0/s1. The Bertz CT molecular complexity index is 813. The summed E-state index contributed by atoms with van der Waals surface area (Å²) in [6.07, 6.45) is 0. The molecule has 0 saturated carbocycles. The lowest BCUT2D eigenvalue weighted by Crippen LogP contribution is -2.92. The van der Waals surface area contributed by atoms with Crippen LogP contribution in [0.15, 0.2) is 72.1 Å². The van der Waals surface area contributed by atoms with Gasteiger partial charge in [-0.25, -0.2) is 0 Å². The van der Waals surface area contributed by atoms with Gasteiger partial charge in [-0.15, -0.1) is 11.3 Å². The number of amides is 1. The smallest absolute Gasteiger partial charge is 0.278 e. The number of benzene rings is 2. The minimum absolute atomic E-state index is 0.0579. The van der Waals surface area contributed by atoms with E-state index in [0.717, 1.165) is 5.56 Å². The second-order valence-electron chi connectivity index (χ2n) is 6.59. The zero-order valence-corrected chi connectivity index (χ0v) is 16.0. The molecule has 2 aromatic carbocycles. The second kappa shape index (κ2) is 8.79. The van der Waals surface area contributed by atoms with Crippen LogP contribution in [-0.4, -0.2) is 11.9 Å². The lowest BCUT2D eigenvalue weighted by atomic mass is 10.0. The molecular weight excluding hydrogens is 340 g/mol. The van der Waals surface area contributed by atoms with Crippen LogP contribution in [0.3, 0.4) is 0 Å². The van der Waals surface area contributed by atoms with Crippen LogP contribution >= 0.6 is 11.3 Å². The van der Waals surface area contributed by atoms with Crippen molar-refractivity contribution >= 4 is 17.2 Å². The van der Waals surface area contributed by atoms with E-state index in [9.17, 15) is 4.79 Å². The molecule has 0 aliphatic rings. The van der Waals surface area contributed by atoms with Gasteiger partial charge in [-0.2, -0.15) is 0 Å². The van der Waals surface area contributed by atoms with E-state index in [0.29, 0.717) is 6.54 Å². The summed E-state index contributed by atoms with van der Waals surface area (Å²) in [6.45, 7) is 4.62. The van der Waals surface area contributed by atoms with Crippen LogP contribution in [0.25, 0.3) is 0 Å². The Morgan fingerprint density at radius 3 is 2.42 bits per heavy atom. The Hall–Kier alpha value is -2.43. The van der Waals surface area contributed by atoms with Gasteiger partial charge in [-0.3, -0.25) is 4.79 Å². The number of hydrogen-bond acceptors (Lipinski definition) is 2. The van der Waals surface area contributed by atoms with Crippen molar-refractivity contribution < 1.29 is 10.1 Å². The average Bonchev–Trinajstić information content (AvgIpc) is 3.20. The van der Waals surface area contributed by atoms with E-state index in [1.165, 1.54) is 16.0 Å². The molecule has 3 rings (SSSR count). The lowest BCUT2D eigenvalue weighted by molar-refractivity contribution is -0.704. The van der Waals surface area contributed by atoms with Crippen molar-refractivity contribution in [2.75, 3.05) is 0 Å². The predicted molar refractivity (Wildman–Crippen MR) is 107 cm³/mol. The third-order valence-corrected chi connectivity index (χ3v) is 5.45. The van der Waals surface area contributed by atoms with Crippen LogP contribution in [0.4, 0.5) is 0 Å². The van der Waals surface area contributed by atoms with E-state index in [4.69, 9.17) is 0 Å². The summed E-state index contributed by atoms with van der Waals surface area (Å²) in [5, 5.41) is 7.28. The van der Waals surface area contributed by atoms with Gasteiger partial charge in [-0.1, -0.05) is 66.2 Å². The topological polar surface area (TPSA) is 45.7 Å². The van der Waals surface area contributed by atoms with E-state index in [2.05, 4.69) is 59.3 Å². The van der Waals surface area contributed by atoms with E-state index in [1.54, 1.807) is 11.3 Å². The van der Waals surface area contributed by atoms with Crippen molar-refractivity contribution in [2.24, 2.45) is 0 Å². The Morgan fingerprint density at radius 2 is 1.77 bits per heavy atom. The minimum Gasteiger partial charge on any atom is -0.347 e. The highest BCUT2D eigenvalue weighted by Gasteiger charge is 2.25. The van der Waals surface area contributed by atoms with Crippen molar-refractivity contribution in [1.29, 1.82) is 0 Å². The molecule has 26 heavy (non-hydrogen) atoms. The maximum Gasteiger partial charge on any atom is 0.278 e. The van der Waals surface area contributed by atoms with Crippen molar-refractivity contribution in [3.63, 3.8) is 0 Å². The van der Waals surface area contributed by atoms with Crippen LogP contribution in [0.2, 0.25) is 0 Å². The van der Waals surface area contributed by atoms with Crippen LogP contribution in [0, 0.1) is 6.92 Å². The molecule has 1 aromatic heterocycles. The monoisotopic (exact) mass is 365 g/mol. The molecule has 0 radical (unpaired) electrons. The highest BCUT2D eigenvalue weighted by Crippen LogP contribution is 2.23. The molecule has 0 fully saturated rings. The number of quaternary nitrogens is 1. The maximum atomic E-state index is 12.6. The van der Waals surface area contributed by atoms with Gasteiger partial charge in [-0.05, 0) is 30.9 Å². The van der Waals surface area contributed by atoms with Gasteiger partial charge >= 0.3 is 0 Å². The Balaban J connectivity index is 1.68. The molecule has 4 heteroatoms. The number of thiophene rings is 1. The molecule has 0 saturated heterocycles. The molecule has 0 spiro atoms. The minimum atomic E-state index is -0.174. The van der Waals surface area contributed by atoms with Crippen LogP contribution in [-0.2, 0) is 11.3 Å². The van der Waals surface area contributed by atoms with E-state index in [-0.39, 0.29) is 18.0 Å². The number of carbonyl (C=O) groups is 1. The number of nitrogens with one attached hydrogen (secondary N) is 1. The van der Waals surface area contributed by atoms with Gasteiger partial charge in [0.2, 0.25) is 0 Å². The number of nitrogens with two attached hydrogens (primary N) is 1. The summed E-state index contributed by atoms with van der Waals surface area (Å²) in [4.78, 5) is 13.8. The number of rotatable bonds is 7. The largest absolute Gasteiger partial charge is 0.347 e. The molecule has 3 aromatic rings. The summed E-state index contributed by atoms with van der Waals surface area (Å²) in [5.41, 5.74) is 3.58. The van der Waals surface area contributed by atoms with E-state index in [1.807, 2.05) is 37.3 Å². The Labute approximate surface area is 159 Å². The first-order valence-corrected chi connectivity index (χ1v) is 9.78. The molecule has 0 bridgehead atoms. The van der Waals surface area contributed by atoms with Gasteiger partial charge in [0.25, 0.3) is 5.91 Å². The quantitative estimate of drug-likeness (QED) is 0.662. The SMILES string of the molecule is Cc1ccc([C@@H]([NH2+][C@@H](C)C(=O)NCc2ccccc2)c2cccs2)cc1. The predicted octanol–water partition coefficient (Wildman–Crippen LogP) is 3.41. The van der Waals surface area contributed by atoms with Gasteiger partial charge in [0.15, 0.2) is 6.04 Å². The summed E-state index contributed by atoms with van der Waals surface area (Å²) in [7, 11) is 0. The molecule has 1 amide bonds. The normalized spacial score (nSPS) is 13.2. The van der Waals surface area contributed by atoms with Crippen LogP contribution < -0.4 is 10.6 Å². The summed E-state index contributed by atoms with van der Waals surface area (Å²) >= 11 is 1.73. The second-order valence-corrected chi connectivity index (χ2v) is 7.57. The summed E-state index contributed by atoms with van der Waals surface area (Å²) in [5.74, 6) is 0.0579. The third kappa shape index (κ3) is 4.81. The van der Waals surface area contributed by atoms with Gasteiger partial charge in [0, 0.05) is 12.1 Å². The van der Waals surface area contributed by atoms with E-state index >= 15 is 0 Å². The highest BCUT2D eigenvalue weighted by molar-refractivity contribution is 7.10. The number of carbonyl (C=O) groups excluding carboxylic acids is 1. The van der Waals surface area contributed by atoms with E-state index < -0.39 is 0 Å². The first-order chi connectivity index (χ1) is 12.6. The Morgan fingerprint density at radius 1 is 1.04 bits per heavy atom. The molecule has 3 N–H and O–H groups in total. The number of hydrogen-bond donors (Lipinski definition) is 2.